The Morgan fingerprint density at radius 1 is 1.60 bits per heavy atom. The lowest BCUT2D eigenvalue weighted by Crippen LogP contribution is -2.46. The number of carbonyl (C=O) groups is 1. The van der Waals surface area contributed by atoms with E-state index in [-0.39, 0.29) is 11.7 Å². The Balaban J connectivity index is 2.33. The third kappa shape index (κ3) is 2.87. The number of piperidine rings is 1. The van der Waals surface area contributed by atoms with Gasteiger partial charge in [0.25, 0.3) is 0 Å². The van der Waals surface area contributed by atoms with Crippen molar-refractivity contribution in [2.24, 2.45) is 0 Å². The summed E-state index contributed by atoms with van der Waals surface area (Å²) in [5, 5.41) is 11.1. The molecule has 0 aliphatic carbocycles. The molecule has 108 valence electrons. The molecule has 1 atom stereocenters. The van der Waals surface area contributed by atoms with Crippen molar-refractivity contribution < 1.29 is 14.5 Å². The summed E-state index contributed by atoms with van der Waals surface area (Å²) in [5.41, 5.74) is 0.353. The highest BCUT2D eigenvalue weighted by molar-refractivity contribution is 5.81. The molecule has 2 rings (SSSR count). The van der Waals surface area contributed by atoms with Gasteiger partial charge in [0, 0.05) is 12.7 Å². The SMILES string of the molecule is CCOC(=O)C1CCCCN1c1ccncc1[N+](=O)[O-]. The molecular formula is C13H17N3O4. The topological polar surface area (TPSA) is 85.6 Å². The third-order valence-corrected chi connectivity index (χ3v) is 3.35. The summed E-state index contributed by atoms with van der Waals surface area (Å²) in [6.07, 6.45) is 5.18. The Labute approximate surface area is 116 Å². The van der Waals surface area contributed by atoms with Crippen molar-refractivity contribution in [1.29, 1.82) is 0 Å². The summed E-state index contributed by atoms with van der Waals surface area (Å²) >= 11 is 0. The van der Waals surface area contributed by atoms with E-state index in [1.54, 1.807) is 17.9 Å². The molecule has 0 amide bonds. The largest absolute Gasteiger partial charge is 0.464 e. The van der Waals surface area contributed by atoms with Crippen LogP contribution in [0.3, 0.4) is 0 Å². The van der Waals surface area contributed by atoms with Crippen molar-refractivity contribution in [3.8, 4) is 0 Å². The van der Waals surface area contributed by atoms with Gasteiger partial charge in [-0.3, -0.25) is 15.1 Å². The van der Waals surface area contributed by atoms with Crippen molar-refractivity contribution in [2.45, 2.75) is 32.2 Å². The fraction of sp³-hybridized carbons (Fsp3) is 0.538. The first-order valence-electron chi connectivity index (χ1n) is 6.66. The van der Waals surface area contributed by atoms with Crippen LogP contribution in [0.25, 0.3) is 0 Å². The van der Waals surface area contributed by atoms with Crippen LogP contribution in [0.2, 0.25) is 0 Å². The number of pyridine rings is 1. The fourth-order valence-corrected chi connectivity index (χ4v) is 2.47. The molecular weight excluding hydrogens is 262 g/mol. The zero-order valence-electron chi connectivity index (χ0n) is 11.3. The minimum Gasteiger partial charge on any atom is -0.464 e. The van der Waals surface area contributed by atoms with E-state index >= 15 is 0 Å². The molecule has 1 fully saturated rings. The highest BCUT2D eigenvalue weighted by atomic mass is 16.6. The van der Waals surface area contributed by atoms with Crippen LogP contribution in [0, 0.1) is 10.1 Å². The van der Waals surface area contributed by atoms with E-state index in [1.165, 1.54) is 12.4 Å². The van der Waals surface area contributed by atoms with Gasteiger partial charge in [-0.15, -0.1) is 0 Å². The Bertz CT molecular complexity index is 506. The second kappa shape index (κ2) is 6.31. The first-order valence-corrected chi connectivity index (χ1v) is 6.66. The number of aromatic nitrogens is 1. The number of hydrogen-bond donors (Lipinski definition) is 0. The second-order valence-electron chi connectivity index (χ2n) is 4.58. The molecule has 20 heavy (non-hydrogen) atoms. The van der Waals surface area contributed by atoms with Gasteiger partial charge in [-0.2, -0.15) is 0 Å². The third-order valence-electron chi connectivity index (χ3n) is 3.35. The Morgan fingerprint density at radius 3 is 3.10 bits per heavy atom. The molecule has 0 radical (unpaired) electrons. The van der Waals surface area contributed by atoms with E-state index in [9.17, 15) is 14.9 Å². The molecule has 2 heterocycles. The average Bonchev–Trinajstić information content (AvgIpc) is 2.47. The number of nitro groups is 1. The molecule has 0 aromatic carbocycles. The van der Waals surface area contributed by atoms with Crippen LogP contribution in [-0.4, -0.2) is 35.1 Å². The molecule has 0 saturated carbocycles. The van der Waals surface area contributed by atoms with Crippen LogP contribution in [0.4, 0.5) is 11.4 Å². The number of anilines is 1. The number of hydrogen-bond acceptors (Lipinski definition) is 6. The zero-order chi connectivity index (χ0) is 14.5. The van der Waals surface area contributed by atoms with Crippen LogP contribution in [-0.2, 0) is 9.53 Å². The van der Waals surface area contributed by atoms with E-state index < -0.39 is 11.0 Å². The van der Waals surface area contributed by atoms with Gasteiger partial charge in [0.1, 0.15) is 17.9 Å². The van der Waals surface area contributed by atoms with Gasteiger partial charge < -0.3 is 9.64 Å². The smallest absolute Gasteiger partial charge is 0.328 e. The molecule has 0 bridgehead atoms. The zero-order valence-corrected chi connectivity index (χ0v) is 11.3. The highest BCUT2D eigenvalue weighted by Crippen LogP contribution is 2.32. The minimum absolute atomic E-state index is 0.0799. The lowest BCUT2D eigenvalue weighted by Gasteiger charge is -2.35. The van der Waals surface area contributed by atoms with Gasteiger partial charge in [0.15, 0.2) is 0 Å². The van der Waals surface area contributed by atoms with Gasteiger partial charge >= 0.3 is 11.7 Å². The molecule has 1 unspecified atom stereocenters. The summed E-state index contributed by atoms with van der Waals surface area (Å²) in [6, 6.07) is 1.13. The van der Waals surface area contributed by atoms with Gasteiger partial charge in [0.05, 0.1) is 11.5 Å². The quantitative estimate of drug-likeness (QED) is 0.475. The molecule has 0 spiro atoms. The van der Waals surface area contributed by atoms with E-state index in [2.05, 4.69) is 4.98 Å². The standard InChI is InChI=1S/C13H17N3O4/c1-2-20-13(17)11-5-3-4-8-15(11)10-6-7-14-9-12(10)16(18)19/h6-7,9,11H,2-5,8H2,1H3. The average molecular weight is 279 g/mol. The van der Waals surface area contributed by atoms with E-state index in [1.807, 2.05) is 0 Å². The summed E-state index contributed by atoms with van der Waals surface area (Å²) < 4.78 is 5.07. The lowest BCUT2D eigenvalue weighted by molar-refractivity contribution is -0.384. The van der Waals surface area contributed by atoms with Crippen molar-refractivity contribution >= 4 is 17.3 Å². The van der Waals surface area contributed by atoms with Crippen molar-refractivity contribution in [2.75, 3.05) is 18.1 Å². The van der Waals surface area contributed by atoms with E-state index in [0.29, 0.717) is 25.3 Å². The number of rotatable bonds is 4. The summed E-state index contributed by atoms with van der Waals surface area (Å²) in [6.45, 7) is 2.66. The molecule has 1 aromatic heterocycles. The van der Waals surface area contributed by atoms with Gasteiger partial charge in [-0.1, -0.05) is 0 Å². The first-order chi connectivity index (χ1) is 9.65. The van der Waals surface area contributed by atoms with Crippen molar-refractivity contribution in [3.05, 3.63) is 28.6 Å². The first kappa shape index (κ1) is 14.2. The van der Waals surface area contributed by atoms with Crippen LogP contribution >= 0.6 is 0 Å². The van der Waals surface area contributed by atoms with E-state index in [4.69, 9.17) is 4.74 Å². The maximum atomic E-state index is 12.0. The monoisotopic (exact) mass is 279 g/mol. The molecule has 0 N–H and O–H groups in total. The molecule has 1 aliphatic heterocycles. The molecule has 1 aromatic rings. The lowest BCUT2D eigenvalue weighted by atomic mass is 10.0. The number of carbonyl (C=O) groups excluding carboxylic acids is 1. The van der Waals surface area contributed by atoms with Crippen LogP contribution in [0.15, 0.2) is 18.5 Å². The maximum Gasteiger partial charge on any atom is 0.328 e. The molecule has 7 heteroatoms. The maximum absolute atomic E-state index is 12.0. The highest BCUT2D eigenvalue weighted by Gasteiger charge is 2.33. The van der Waals surface area contributed by atoms with Crippen LogP contribution < -0.4 is 4.90 Å². The molecule has 1 aliphatic rings. The molecule has 1 saturated heterocycles. The van der Waals surface area contributed by atoms with Crippen molar-refractivity contribution in [1.82, 2.24) is 4.98 Å². The number of esters is 1. The predicted molar refractivity (Wildman–Crippen MR) is 72.5 cm³/mol. The van der Waals surface area contributed by atoms with Gasteiger partial charge in [0.2, 0.25) is 0 Å². The minimum atomic E-state index is -0.473. The van der Waals surface area contributed by atoms with E-state index in [0.717, 1.165) is 12.8 Å². The van der Waals surface area contributed by atoms with Gasteiger partial charge in [-0.05, 0) is 32.3 Å². The van der Waals surface area contributed by atoms with Crippen LogP contribution in [0.1, 0.15) is 26.2 Å². The number of ether oxygens (including phenoxy) is 1. The Morgan fingerprint density at radius 2 is 2.40 bits per heavy atom. The molecule has 7 nitrogen and oxygen atoms in total. The Hall–Kier alpha value is -2.18. The Kier molecular flexibility index (Phi) is 4.49. The summed E-state index contributed by atoms with van der Waals surface area (Å²) in [7, 11) is 0. The summed E-state index contributed by atoms with van der Waals surface area (Å²) in [5.74, 6) is -0.321. The van der Waals surface area contributed by atoms with Crippen molar-refractivity contribution in [3.63, 3.8) is 0 Å². The van der Waals surface area contributed by atoms with Gasteiger partial charge in [-0.25, -0.2) is 4.79 Å². The second-order valence-corrected chi connectivity index (χ2v) is 4.58. The normalized spacial score (nSPS) is 18.6. The fourth-order valence-electron chi connectivity index (χ4n) is 2.47. The predicted octanol–water partition coefficient (Wildman–Crippen LogP) is 1.91. The summed E-state index contributed by atoms with van der Waals surface area (Å²) in [4.78, 5) is 28.2. The van der Waals surface area contributed by atoms with Crippen LogP contribution in [0.5, 0.6) is 0 Å². The number of nitrogens with zero attached hydrogens (tertiary/aromatic N) is 3.